The molecule has 0 saturated heterocycles. The second kappa shape index (κ2) is 6.42. The molecule has 0 atom stereocenters. The van der Waals surface area contributed by atoms with Gasteiger partial charge >= 0.3 is 0 Å². The molecule has 138 valence electrons. The minimum atomic E-state index is -0.446. The highest BCUT2D eigenvalue weighted by atomic mass is 16.3. The van der Waals surface area contributed by atoms with E-state index in [0.717, 1.165) is 11.1 Å². The molecule has 4 aromatic rings. The molecular weight excluding hydrogens is 354 g/mol. The van der Waals surface area contributed by atoms with Crippen LogP contribution in [0.3, 0.4) is 0 Å². The van der Waals surface area contributed by atoms with E-state index in [4.69, 9.17) is 4.42 Å². The maximum atomic E-state index is 12.1. The van der Waals surface area contributed by atoms with E-state index < -0.39 is 5.43 Å². The van der Waals surface area contributed by atoms with E-state index in [1.54, 1.807) is 10.9 Å². The highest BCUT2D eigenvalue weighted by molar-refractivity contribution is 5.67. The first kappa shape index (κ1) is 16.4. The van der Waals surface area contributed by atoms with Gasteiger partial charge in [-0.25, -0.2) is 4.98 Å². The fourth-order valence-corrected chi connectivity index (χ4v) is 3.77. The number of pyridine rings is 1. The van der Waals surface area contributed by atoms with Crippen LogP contribution in [0.15, 0.2) is 88.5 Å². The minimum absolute atomic E-state index is 0.152. The Bertz CT molecular complexity index is 1140. The normalized spacial score (nSPS) is 12.7. The number of hydrogen-bond acceptors (Lipinski definition) is 5. The predicted molar refractivity (Wildman–Crippen MR) is 105 cm³/mol. The Balaban J connectivity index is 1.76. The number of fused-ring (bicyclic) bond motifs is 3. The number of benzene rings is 2. The molecule has 1 N–H and O–H groups in total. The van der Waals surface area contributed by atoms with Crippen LogP contribution in [-0.4, -0.2) is 14.8 Å². The van der Waals surface area contributed by atoms with E-state index in [1.807, 2.05) is 36.4 Å². The topological polar surface area (TPSA) is 71.5 Å². The molecule has 0 radical (unpaired) electrons. The lowest BCUT2D eigenvalue weighted by Gasteiger charge is -2.39. The van der Waals surface area contributed by atoms with E-state index >= 15 is 0 Å². The monoisotopic (exact) mass is 371 g/mol. The van der Waals surface area contributed by atoms with Gasteiger partial charge in [-0.3, -0.25) is 14.5 Å². The van der Waals surface area contributed by atoms with E-state index in [0.29, 0.717) is 23.7 Å². The smallest absolute Gasteiger partial charge is 0.224 e. The zero-order valence-electron chi connectivity index (χ0n) is 14.9. The van der Waals surface area contributed by atoms with E-state index in [2.05, 4.69) is 34.3 Å². The second-order valence-electron chi connectivity index (χ2n) is 6.67. The van der Waals surface area contributed by atoms with Gasteiger partial charge in [-0.2, -0.15) is 0 Å². The zero-order chi connectivity index (χ0) is 19.1. The van der Waals surface area contributed by atoms with Gasteiger partial charge in [0, 0.05) is 12.3 Å². The van der Waals surface area contributed by atoms with Crippen molar-refractivity contribution >= 4 is 0 Å². The Morgan fingerprint density at radius 2 is 1.61 bits per heavy atom. The summed E-state index contributed by atoms with van der Waals surface area (Å²) in [7, 11) is 0. The second-order valence-corrected chi connectivity index (χ2v) is 6.67. The van der Waals surface area contributed by atoms with Crippen LogP contribution in [0.2, 0.25) is 0 Å². The third kappa shape index (κ3) is 2.50. The van der Waals surface area contributed by atoms with E-state index in [-0.39, 0.29) is 11.8 Å². The van der Waals surface area contributed by atoms with Crippen molar-refractivity contribution < 1.29 is 9.52 Å². The number of aromatic nitrogens is 2. The Morgan fingerprint density at radius 1 is 0.964 bits per heavy atom. The van der Waals surface area contributed by atoms with Crippen molar-refractivity contribution in [2.24, 2.45) is 0 Å². The van der Waals surface area contributed by atoms with Gasteiger partial charge in [0.25, 0.3) is 0 Å². The van der Waals surface area contributed by atoms with Gasteiger partial charge < -0.3 is 9.52 Å². The quantitative estimate of drug-likeness (QED) is 0.597. The summed E-state index contributed by atoms with van der Waals surface area (Å²) >= 11 is 0. The summed E-state index contributed by atoms with van der Waals surface area (Å²) in [4.78, 5) is 16.3. The molecule has 0 saturated carbocycles. The van der Waals surface area contributed by atoms with Crippen LogP contribution in [-0.2, 0) is 6.54 Å². The first-order valence-electron chi connectivity index (χ1n) is 8.98. The summed E-state index contributed by atoms with van der Waals surface area (Å²) in [5, 5.41) is 12.6. The maximum absolute atomic E-state index is 12.1. The number of oxazole rings is 1. The summed E-state index contributed by atoms with van der Waals surface area (Å²) < 4.78 is 7.38. The zero-order valence-corrected chi connectivity index (χ0v) is 14.9. The third-order valence-corrected chi connectivity index (χ3v) is 5.03. The fourth-order valence-electron chi connectivity index (χ4n) is 3.77. The molecule has 1 aliphatic rings. The number of rotatable bonds is 3. The molecule has 0 amide bonds. The maximum Gasteiger partial charge on any atom is 0.224 e. The van der Waals surface area contributed by atoms with Crippen molar-refractivity contribution in [2.75, 3.05) is 5.01 Å². The molecule has 0 unspecified atom stereocenters. The summed E-state index contributed by atoms with van der Waals surface area (Å²) in [5.74, 6) is 0.278. The minimum Gasteiger partial charge on any atom is -0.503 e. The molecule has 0 aliphatic carbocycles. The van der Waals surface area contributed by atoms with Crippen molar-refractivity contribution in [3.8, 4) is 17.1 Å². The molecule has 6 heteroatoms. The van der Waals surface area contributed by atoms with Crippen molar-refractivity contribution in [3.63, 3.8) is 0 Å². The fraction of sp³-hybridized carbons (Fsp3) is 0.0909. The largest absolute Gasteiger partial charge is 0.503 e. The van der Waals surface area contributed by atoms with Crippen LogP contribution >= 0.6 is 0 Å². The average molecular weight is 371 g/mol. The summed E-state index contributed by atoms with van der Waals surface area (Å²) in [5.41, 5.74) is 2.56. The van der Waals surface area contributed by atoms with Crippen LogP contribution in [0.1, 0.15) is 22.9 Å². The van der Waals surface area contributed by atoms with Crippen molar-refractivity contribution in [3.05, 3.63) is 106 Å². The number of aromatic hydroxyl groups is 1. The lowest BCUT2D eigenvalue weighted by atomic mass is 9.97. The predicted octanol–water partition coefficient (Wildman–Crippen LogP) is 3.45. The summed E-state index contributed by atoms with van der Waals surface area (Å²) in [6.45, 7) is 0.444. The third-order valence-electron chi connectivity index (χ3n) is 5.03. The molecule has 0 fully saturated rings. The van der Waals surface area contributed by atoms with Crippen LogP contribution in [0.25, 0.3) is 11.4 Å². The molecule has 6 nitrogen and oxygen atoms in total. The summed E-state index contributed by atoms with van der Waals surface area (Å²) in [6, 6.07) is 21.4. The van der Waals surface area contributed by atoms with Crippen molar-refractivity contribution in [1.29, 1.82) is 0 Å². The standard InChI is InChI=1S/C22H17N3O3/c26-17-11-12-24-21(22(17)27)19-18(28-14-23-19)13-25(24)20(15-7-3-1-4-8-15)16-9-5-2-6-10-16/h1-12,14,20,27H,13H2. The molecule has 1 aliphatic heterocycles. The van der Waals surface area contributed by atoms with Crippen molar-refractivity contribution in [2.45, 2.75) is 12.6 Å². The Kier molecular flexibility index (Phi) is 3.76. The lowest BCUT2D eigenvalue weighted by Crippen LogP contribution is -2.42. The van der Waals surface area contributed by atoms with Gasteiger partial charge in [-0.15, -0.1) is 0 Å². The van der Waals surface area contributed by atoms with Crippen LogP contribution < -0.4 is 10.4 Å². The van der Waals surface area contributed by atoms with Crippen LogP contribution in [0, 0.1) is 0 Å². The van der Waals surface area contributed by atoms with E-state index in [9.17, 15) is 9.90 Å². The van der Waals surface area contributed by atoms with Gasteiger partial charge in [-0.1, -0.05) is 60.7 Å². The Labute approximate surface area is 160 Å². The number of hydrogen-bond donors (Lipinski definition) is 1. The van der Waals surface area contributed by atoms with Gasteiger partial charge in [0.1, 0.15) is 11.4 Å². The van der Waals surface area contributed by atoms with Gasteiger partial charge in [0.2, 0.25) is 5.43 Å². The number of nitrogens with zero attached hydrogens (tertiary/aromatic N) is 3. The molecule has 2 aromatic heterocycles. The first-order valence-corrected chi connectivity index (χ1v) is 8.98. The molecule has 5 rings (SSSR count). The molecule has 3 heterocycles. The molecular formula is C22H17N3O3. The summed E-state index contributed by atoms with van der Waals surface area (Å²) in [6.07, 6.45) is 3.02. The van der Waals surface area contributed by atoms with Crippen LogP contribution in [0.4, 0.5) is 0 Å². The van der Waals surface area contributed by atoms with Crippen molar-refractivity contribution in [1.82, 2.24) is 9.66 Å². The molecule has 0 spiro atoms. The Morgan fingerprint density at radius 3 is 2.25 bits per heavy atom. The van der Waals surface area contributed by atoms with E-state index in [1.165, 1.54) is 12.5 Å². The first-order chi connectivity index (χ1) is 13.7. The van der Waals surface area contributed by atoms with Gasteiger partial charge in [0.15, 0.2) is 17.9 Å². The molecule has 28 heavy (non-hydrogen) atoms. The molecule has 2 aromatic carbocycles. The van der Waals surface area contributed by atoms with Crippen LogP contribution in [0.5, 0.6) is 5.75 Å². The lowest BCUT2D eigenvalue weighted by molar-refractivity contribution is 0.420. The highest BCUT2D eigenvalue weighted by Gasteiger charge is 2.33. The highest BCUT2D eigenvalue weighted by Crippen LogP contribution is 2.38. The molecule has 0 bridgehead atoms. The van der Waals surface area contributed by atoms with Gasteiger partial charge in [0.05, 0.1) is 12.6 Å². The Hall–Kier alpha value is -3.80. The SMILES string of the molecule is O=c1ccn2c(c1O)-c1ncoc1CN2C(c1ccccc1)c1ccccc1. The average Bonchev–Trinajstić information content (AvgIpc) is 3.21. The van der Waals surface area contributed by atoms with Gasteiger partial charge in [-0.05, 0) is 11.1 Å².